The monoisotopic (exact) mass is 174 g/mol. The standard InChI is InChI=1S/C8H14O2S/c1-6(2)8(7(9)10)4-3-5-11-8/h6H,3-5H2,1-2H3,(H,9,10). The van der Waals surface area contributed by atoms with Crippen molar-refractivity contribution in [1.29, 1.82) is 0 Å². The molecule has 0 radical (unpaired) electrons. The Morgan fingerprint density at radius 1 is 1.64 bits per heavy atom. The fourth-order valence-corrected chi connectivity index (χ4v) is 2.93. The highest BCUT2D eigenvalue weighted by Crippen LogP contribution is 2.43. The third-order valence-electron chi connectivity index (χ3n) is 2.35. The topological polar surface area (TPSA) is 37.3 Å². The summed E-state index contributed by atoms with van der Waals surface area (Å²) in [7, 11) is 0. The third-order valence-corrected chi connectivity index (χ3v) is 4.20. The molecule has 1 N–H and O–H groups in total. The second-order valence-corrected chi connectivity index (χ2v) is 4.73. The molecule has 1 aliphatic heterocycles. The van der Waals surface area contributed by atoms with Gasteiger partial charge in [0.05, 0.1) is 0 Å². The van der Waals surface area contributed by atoms with Gasteiger partial charge < -0.3 is 5.11 Å². The molecule has 3 heteroatoms. The number of rotatable bonds is 2. The molecule has 1 rings (SSSR count). The first-order valence-electron chi connectivity index (χ1n) is 3.97. The Kier molecular flexibility index (Phi) is 2.47. The smallest absolute Gasteiger partial charge is 0.320 e. The van der Waals surface area contributed by atoms with Crippen molar-refractivity contribution >= 4 is 17.7 Å². The van der Waals surface area contributed by atoms with Crippen LogP contribution in [0.15, 0.2) is 0 Å². The van der Waals surface area contributed by atoms with Crippen LogP contribution in [0.2, 0.25) is 0 Å². The molecular formula is C8H14O2S. The minimum Gasteiger partial charge on any atom is -0.480 e. The van der Waals surface area contributed by atoms with Crippen LogP contribution in [0.25, 0.3) is 0 Å². The predicted octanol–water partition coefficient (Wildman–Crippen LogP) is 1.99. The van der Waals surface area contributed by atoms with Crippen LogP contribution in [0.3, 0.4) is 0 Å². The predicted molar refractivity (Wildman–Crippen MR) is 46.9 cm³/mol. The van der Waals surface area contributed by atoms with Crippen LogP contribution in [-0.4, -0.2) is 21.6 Å². The normalized spacial score (nSPS) is 31.2. The van der Waals surface area contributed by atoms with Gasteiger partial charge in [-0.1, -0.05) is 13.8 Å². The summed E-state index contributed by atoms with van der Waals surface area (Å²) in [6.07, 6.45) is 1.89. The zero-order chi connectivity index (χ0) is 8.48. The van der Waals surface area contributed by atoms with Crippen LogP contribution in [0.4, 0.5) is 0 Å². The first-order valence-corrected chi connectivity index (χ1v) is 4.95. The lowest BCUT2D eigenvalue weighted by molar-refractivity contribution is -0.141. The summed E-state index contributed by atoms with van der Waals surface area (Å²) in [5, 5.41) is 9.01. The largest absolute Gasteiger partial charge is 0.480 e. The summed E-state index contributed by atoms with van der Waals surface area (Å²) >= 11 is 1.61. The highest BCUT2D eigenvalue weighted by atomic mass is 32.2. The van der Waals surface area contributed by atoms with Crippen LogP contribution in [0.5, 0.6) is 0 Å². The van der Waals surface area contributed by atoms with Crippen molar-refractivity contribution in [3.63, 3.8) is 0 Å². The Hall–Kier alpha value is -0.180. The number of hydrogen-bond donors (Lipinski definition) is 1. The van der Waals surface area contributed by atoms with E-state index < -0.39 is 10.7 Å². The van der Waals surface area contributed by atoms with E-state index in [1.807, 2.05) is 13.8 Å². The van der Waals surface area contributed by atoms with E-state index in [4.69, 9.17) is 5.11 Å². The molecule has 0 aromatic heterocycles. The number of thioether (sulfide) groups is 1. The van der Waals surface area contributed by atoms with Gasteiger partial charge in [0, 0.05) is 0 Å². The first-order chi connectivity index (χ1) is 5.09. The molecule has 11 heavy (non-hydrogen) atoms. The second kappa shape index (κ2) is 3.05. The Morgan fingerprint density at radius 3 is 2.45 bits per heavy atom. The number of carboxylic acids is 1. The van der Waals surface area contributed by atoms with Gasteiger partial charge in [-0.25, -0.2) is 0 Å². The van der Waals surface area contributed by atoms with Crippen LogP contribution < -0.4 is 0 Å². The quantitative estimate of drug-likeness (QED) is 0.695. The first kappa shape index (κ1) is 8.91. The third kappa shape index (κ3) is 1.39. The van der Waals surface area contributed by atoms with Crippen molar-refractivity contribution in [2.24, 2.45) is 5.92 Å². The number of carboxylic acid groups (broad SMARTS) is 1. The van der Waals surface area contributed by atoms with Crippen LogP contribution in [0, 0.1) is 5.92 Å². The van der Waals surface area contributed by atoms with E-state index >= 15 is 0 Å². The van der Waals surface area contributed by atoms with Crippen molar-refractivity contribution in [2.45, 2.75) is 31.4 Å². The van der Waals surface area contributed by atoms with Crippen molar-refractivity contribution < 1.29 is 9.90 Å². The average molecular weight is 174 g/mol. The summed E-state index contributed by atoms with van der Waals surface area (Å²) in [5.74, 6) is 0.618. The van der Waals surface area contributed by atoms with Crippen LogP contribution in [0.1, 0.15) is 26.7 Å². The molecule has 0 aliphatic carbocycles. The Bertz CT molecular complexity index is 159. The molecule has 1 saturated heterocycles. The van der Waals surface area contributed by atoms with Gasteiger partial charge in [-0.3, -0.25) is 4.79 Å². The lowest BCUT2D eigenvalue weighted by atomic mass is 9.91. The molecule has 1 unspecified atom stereocenters. The molecule has 1 aliphatic rings. The molecule has 64 valence electrons. The number of carbonyl (C=O) groups is 1. The Labute approximate surface area is 71.4 Å². The van der Waals surface area contributed by atoms with Gasteiger partial charge in [-0.05, 0) is 24.5 Å². The van der Waals surface area contributed by atoms with Crippen molar-refractivity contribution in [2.75, 3.05) is 5.75 Å². The molecule has 0 aromatic rings. The van der Waals surface area contributed by atoms with E-state index in [1.165, 1.54) is 0 Å². The summed E-state index contributed by atoms with van der Waals surface area (Å²) in [4.78, 5) is 10.9. The van der Waals surface area contributed by atoms with Gasteiger partial charge >= 0.3 is 5.97 Å². The van der Waals surface area contributed by atoms with E-state index in [-0.39, 0.29) is 5.92 Å². The van der Waals surface area contributed by atoms with Crippen LogP contribution in [-0.2, 0) is 4.79 Å². The summed E-state index contributed by atoms with van der Waals surface area (Å²) < 4.78 is -0.472. The molecule has 0 aromatic carbocycles. The van der Waals surface area contributed by atoms with Crippen molar-refractivity contribution in [3.8, 4) is 0 Å². The Balaban J connectivity index is 2.79. The van der Waals surface area contributed by atoms with Gasteiger partial charge in [0.2, 0.25) is 0 Å². The van der Waals surface area contributed by atoms with E-state index in [1.54, 1.807) is 11.8 Å². The van der Waals surface area contributed by atoms with Gasteiger partial charge in [0.25, 0.3) is 0 Å². The van der Waals surface area contributed by atoms with E-state index in [9.17, 15) is 4.79 Å². The zero-order valence-electron chi connectivity index (χ0n) is 6.96. The maximum Gasteiger partial charge on any atom is 0.320 e. The molecule has 0 spiro atoms. The lowest BCUT2D eigenvalue weighted by Gasteiger charge is -2.26. The number of hydrogen-bond acceptors (Lipinski definition) is 2. The van der Waals surface area contributed by atoms with Crippen molar-refractivity contribution in [3.05, 3.63) is 0 Å². The molecule has 1 heterocycles. The highest BCUT2D eigenvalue weighted by molar-refractivity contribution is 8.01. The summed E-state index contributed by atoms with van der Waals surface area (Å²) in [6, 6.07) is 0. The van der Waals surface area contributed by atoms with Gasteiger partial charge in [-0.2, -0.15) is 0 Å². The Morgan fingerprint density at radius 2 is 2.27 bits per heavy atom. The molecule has 0 bridgehead atoms. The average Bonchev–Trinajstić information content (AvgIpc) is 2.34. The minimum absolute atomic E-state index is 0.243. The minimum atomic E-state index is -0.630. The summed E-state index contributed by atoms with van der Waals surface area (Å²) in [6.45, 7) is 3.98. The molecule has 2 nitrogen and oxygen atoms in total. The molecule has 0 amide bonds. The second-order valence-electron chi connectivity index (χ2n) is 3.30. The van der Waals surface area contributed by atoms with E-state index in [2.05, 4.69) is 0 Å². The summed E-state index contributed by atoms with van der Waals surface area (Å²) in [5.41, 5.74) is 0. The fourth-order valence-electron chi connectivity index (χ4n) is 1.53. The van der Waals surface area contributed by atoms with Gasteiger partial charge in [-0.15, -0.1) is 11.8 Å². The maximum atomic E-state index is 10.9. The van der Waals surface area contributed by atoms with E-state index in [0.717, 1.165) is 18.6 Å². The molecule has 1 atom stereocenters. The zero-order valence-corrected chi connectivity index (χ0v) is 7.78. The molecule has 0 saturated carbocycles. The highest BCUT2D eigenvalue weighted by Gasteiger charge is 2.44. The van der Waals surface area contributed by atoms with Gasteiger partial charge in [0.15, 0.2) is 0 Å². The van der Waals surface area contributed by atoms with Crippen molar-refractivity contribution in [1.82, 2.24) is 0 Å². The van der Waals surface area contributed by atoms with Crippen LogP contribution >= 0.6 is 11.8 Å². The van der Waals surface area contributed by atoms with E-state index in [0.29, 0.717) is 0 Å². The molecular weight excluding hydrogens is 160 g/mol. The number of aliphatic carboxylic acids is 1. The lowest BCUT2D eigenvalue weighted by Crippen LogP contribution is -2.37. The van der Waals surface area contributed by atoms with Gasteiger partial charge in [0.1, 0.15) is 4.75 Å². The maximum absolute atomic E-state index is 10.9. The fraction of sp³-hybridized carbons (Fsp3) is 0.875. The SMILES string of the molecule is CC(C)C1(C(=O)O)CCCS1. The molecule has 1 fully saturated rings.